The third-order valence-electron chi connectivity index (χ3n) is 7.55. The van der Waals surface area contributed by atoms with Crippen LogP contribution >= 0.6 is 0 Å². The number of amides is 3. The zero-order valence-electron chi connectivity index (χ0n) is 25.4. The number of hydrogen-bond acceptors (Lipinski definition) is 6. The van der Waals surface area contributed by atoms with E-state index in [0.29, 0.717) is 47.9 Å². The van der Waals surface area contributed by atoms with Gasteiger partial charge in [0.1, 0.15) is 11.5 Å². The predicted octanol–water partition coefficient (Wildman–Crippen LogP) is 4.90. The van der Waals surface area contributed by atoms with Gasteiger partial charge in [0.05, 0.1) is 25.0 Å². The van der Waals surface area contributed by atoms with Gasteiger partial charge in [0.15, 0.2) is 0 Å². The van der Waals surface area contributed by atoms with E-state index in [0.717, 1.165) is 56.6 Å². The lowest BCUT2D eigenvalue weighted by Crippen LogP contribution is -2.47. The SMILES string of the molecule is COc1ccccc1C(=O)NCc1ccc(C(=O)Nc2ccc(C)cc2OCCCCCC(=O)N2CCN(C)CC2)cc1. The lowest BCUT2D eigenvalue weighted by atomic mass is 10.1. The Morgan fingerprint density at radius 2 is 1.58 bits per heavy atom. The molecule has 0 spiro atoms. The van der Waals surface area contributed by atoms with Crippen LogP contribution in [0.25, 0.3) is 0 Å². The minimum absolute atomic E-state index is 0.231. The molecule has 0 unspecified atom stereocenters. The number of hydrogen-bond donors (Lipinski definition) is 2. The van der Waals surface area contributed by atoms with Gasteiger partial charge in [-0.2, -0.15) is 0 Å². The summed E-state index contributed by atoms with van der Waals surface area (Å²) in [6, 6.07) is 19.9. The molecule has 0 bridgehead atoms. The number of likely N-dealkylation sites (N-methyl/N-ethyl adjacent to an activating group) is 1. The van der Waals surface area contributed by atoms with Crippen LogP contribution in [0.4, 0.5) is 5.69 Å². The molecule has 228 valence electrons. The van der Waals surface area contributed by atoms with Gasteiger partial charge < -0.3 is 29.9 Å². The molecule has 1 saturated heterocycles. The van der Waals surface area contributed by atoms with E-state index < -0.39 is 0 Å². The standard InChI is InChI=1S/C34H42N4O5/c1-25-12-17-29(31(23-25)43-22-8-4-5-11-32(39)38-20-18-37(2)19-21-38)36-33(40)27-15-13-26(14-16-27)24-35-34(41)28-9-6-7-10-30(28)42-3/h6-7,9-10,12-17,23H,4-5,8,11,18-22,24H2,1-3H3,(H,35,41)(H,36,40). The van der Waals surface area contributed by atoms with Gasteiger partial charge in [-0.25, -0.2) is 0 Å². The Balaban J connectivity index is 1.22. The summed E-state index contributed by atoms with van der Waals surface area (Å²) < 4.78 is 11.3. The number of piperazine rings is 1. The van der Waals surface area contributed by atoms with E-state index in [9.17, 15) is 14.4 Å². The summed E-state index contributed by atoms with van der Waals surface area (Å²) >= 11 is 0. The highest BCUT2D eigenvalue weighted by molar-refractivity contribution is 6.05. The monoisotopic (exact) mass is 586 g/mol. The Morgan fingerprint density at radius 1 is 0.837 bits per heavy atom. The first-order valence-electron chi connectivity index (χ1n) is 14.9. The van der Waals surface area contributed by atoms with Crippen molar-refractivity contribution in [2.24, 2.45) is 0 Å². The maximum Gasteiger partial charge on any atom is 0.255 e. The van der Waals surface area contributed by atoms with Crippen LogP contribution in [0.3, 0.4) is 0 Å². The van der Waals surface area contributed by atoms with Crippen molar-refractivity contribution in [3.63, 3.8) is 0 Å². The van der Waals surface area contributed by atoms with Crippen molar-refractivity contribution < 1.29 is 23.9 Å². The first kappa shape index (κ1) is 31.6. The molecule has 0 saturated carbocycles. The fourth-order valence-electron chi connectivity index (χ4n) is 4.88. The summed E-state index contributed by atoms with van der Waals surface area (Å²) in [7, 11) is 3.62. The lowest BCUT2D eigenvalue weighted by Gasteiger charge is -2.32. The number of nitrogens with one attached hydrogen (secondary N) is 2. The van der Waals surface area contributed by atoms with Crippen LogP contribution in [0.2, 0.25) is 0 Å². The summed E-state index contributed by atoms with van der Waals surface area (Å²) in [5, 5.41) is 5.85. The van der Waals surface area contributed by atoms with Crippen molar-refractivity contribution in [3.8, 4) is 11.5 Å². The van der Waals surface area contributed by atoms with Crippen LogP contribution in [-0.2, 0) is 11.3 Å². The number of nitrogens with zero attached hydrogens (tertiary/aromatic N) is 2. The molecule has 3 amide bonds. The highest BCUT2D eigenvalue weighted by atomic mass is 16.5. The minimum atomic E-state index is -0.249. The molecule has 0 radical (unpaired) electrons. The molecular weight excluding hydrogens is 544 g/mol. The number of ether oxygens (including phenoxy) is 2. The summed E-state index contributed by atoms with van der Waals surface area (Å²) in [6.45, 7) is 6.30. The Hall–Kier alpha value is -4.37. The van der Waals surface area contributed by atoms with E-state index in [1.807, 2.05) is 48.2 Å². The predicted molar refractivity (Wildman–Crippen MR) is 168 cm³/mol. The molecule has 2 N–H and O–H groups in total. The largest absolute Gasteiger partial charge is 0.496 e. The number of para-hydroxylation sites is 1. The zero-order valence-corrected chi connectivity index (χ0v) is 25.4. The second-order valence-corrected chi connectivity index (χ2v) is 10.9. The van der Waals surface area contributed by atoms with E-state index in [1.54, 1.807) is 30.3 Å². The molecule has 4 rings (SSSR count). The third-order valence-corrected chi connectivity index (χ3v) is 7.55. The van der Waals surface area contributed by atoms with Crippen molar-refractivity contribution >= 4 is 23.4 Å². The number of carbonyl (C=O) groups excluding carboxylic acids is 3. The van der Waals surface area contributed by atoms with Gasteiger partial charge in [0.2, 0.25) is 5.91 Å². The van der Waals surface area contributed by atoms with Gasteiger partial charge in [-0.1, -0.05) is 30.3 Å². The molecule has 1 aliphatic rings. The summed E-state index contributed by atoms with van der Waals surface area (Å²) in [6.07, 6.45) is 3.14. The third kappa shape index (κ3) is 9.31. The molecule has 3 aromatic rings. The van der Waals surface area contributed by atoms with Crippen LogP contribution in [0.1, 0.15) is 57.5 Å². The first-order valence-corrected chi connectivity index (χ1v) is 14.9. The molecule has 43 heavy (non-hydrogen) atoms. The van der Waals surface area contributed by atoms with E-state index in [-0.39, 0.29) is 17.7 Å². The van der Waals surface area contributed by atoms with Gasteiger partial charge in [0, 0.05) is 44.7 Å². The molecule has 9 heteroatoms. The van der Waals surface area contributed by atoms with E-state index >= 15 is 0 Å². The molecule has 0 atom stereocenters. The maximum atomic E-state index is 13.0. The normalized spacial score (nSPS) is 13.3. The molecule has 3 aromatic carbocycles. The second kappa shape index (κ2) is 15.7. The van der Waals surface area contributed by atoms with Crippen molar-refractivity contribution in [1.82, 2.24) is 15.1 Å². The van der Waals surface area contributed by atoms with Crippen molar-refractivity contribution in [3.05, 3.63) is 89.0 Å². The fraction of sp³-hybridized carbons (Fsp3) is 0.382. The number of methoxy groups -OCH3 is 1. The zero-order chi connectivity index (χ0) is 30.6. The molecule has 1 heterocycles. The minimum Gasteiger partial charge on any atom is -0.496 e. The second-order valence-electron chi connectivity index (χ2n) is 10.9. The highest BCUT2D eigenvalue weighted by Crippen LogP contribution is 2.27. The van der Waals surface area contributed by atoms with Crippen LogP contribution in [0, 0.1) is 6.92 Å². The van der Waals surface area contributed by atoms with E-state index in [4.69, 9.17) is 9.47 Å². The number of rotatable bonds is 13. The average Bonchev–Trinajstić information content (AvgIpc) is 3.03. The number of anilines is 1. The number of benzene rings is 3. The Kier molecular flexibility index (Phi) is 11.6. The van der Waals surface area contributed by atoms with Crippen LogP contribution < -0.4 is 20.1 Å². The first-order chi connectivity index (χ1) is 20.8. The Labute approximate surface area is 254 Å². The smallest absolute Gasteiger partial charge is 0.255 e. The number of unbranched alkanes of at least 4 members (excludes halogenated alkanes) is 2. The molecule has 9 nitrogen and oxygen atoms in total. The van der Waals surface area contributed by atoms with Gasteiger partial charge in [-0.05, 0) is 80.8 Å². The number of carbonyl (C=O) groups is 3. The van der Waals surface area contributed by atoms with Crippen molar-refractivity contribution in [2.75, 3.05) is 52.3 Å². The van der Waals surface area contributed by atoms with Crippen molar-refractivity contribution in [1.29, 1.82) is 0 Å². The molecular formula is C34H42N4O5. The molecule has 0 aromatic heterocycles. The highest BCUT2D eigenvalue weighted by Gasteiger charge is 2.18. The Morgan fingerprint density at radius 3 is 2.33 bits per heavy atom. The van der Waals surface area contributed by atoms with Crippen molar-refractivity contribution in [2.45, 2.75) is 39.2 Å². The van der Waals surface area contributed by atoms with Gasteiger partial charge in [-0.3, -0.25) is 14.4 Å². The van der Waals surface area contributed by atoms with Crippen LogP contribution in [0.5, 0.6) is 11.5 Å². The molecule has 1 aliphatic heterocycles. The van der Waals surface area contributed by atoms with Crippen LogP contribution in [0.15, 0.2) is 66.7 Å². The Bertz CT molecular complexity index is 1380. The maximum absolute atomic E-state index is 13.0. The molecule has 1 fully saturated rings. The fourth-order valence-corrected chi connectivity index (χ4v) is 4.88. The summed E-state index contributed by atoms with van der Waals surface area (Å²) in [4.78, 5) is 42.2. The van der Waals surface area contributed by atoms with E-state index in [2.05, 4.69) is 22.6 Å². The summed E-state index contributed by atoms with van der Waals surface area (Å²) in [5.74, 6) is 0.895. The van der Waals surface area contributed by atoms with Gasteiger partial charge in [0.25, 0.3) is 11.8 Å². The number of aryl methyl sites for hydroxylation is 1. The quantitative estimate of drug-likeness (QED) is 0.277. The molecule has 0 aliphatic carbocycles. The lowest BCUT2D eigenvalue weighted by molar-refractivity contribution is -0.132. The summed E-state index contributed by atoms with van der Waals surface area (Å²) in [5.41, 5.74) is 3.47. The average molecular weight is 587 g/mol. The van der Waals surface area contributed by atoms with Crippen LogP contribution in [-0.4, -0.2) is 74.5 Å². The van der Waals surface area contributed by atoms with Gasteiger partial charge in [-0.15, -0.1) is 0 Å². The van der Waals surface area contributed by atoms with E-state index in [1.165, 1.54) is 7.11 Å². The van der Waals surface area contributed by atoms with Gasteiger partial charge >= 0.3 is 0 Å². The topological polar surface area (TPSA) is 100 Å².